The summed E-state index contributed by atoms with van der Waals surface area (Å²) in [5.41, 5.74) is 0.799. The molecule has 0 aliphatic carbocycles. The number of hydrogen-bond acceptors (Lipinski definition) is 2. The maximum atomic E-state index is 12.9. The van der Waals surface area contributed by atoms with Crippen LogP contribution in [-0.4, -0.2) is 37.8 Å². The molecule has 0 radical (unpaired) electrons. The van der Waals surface area contributed by atoms with Crippen molar-refractivity contribution in [1.82, 2.24) is 10.2 Å². The lowest BCUT2D eigenvalue weighted by molar-refractivity contribution is -0.124. The first-order valence-corrected chi connectivity index (χ1v) is 5.57. The van der Waals surface area contributed by atoms with E-state index in [1.807, 2.05) is 4.90 Å². The van der Waals surface area contributed by atoms with Crippen molar-refractivity contribution in [1.29, 1.82) is 0 Å². The van der Waals surface area contributed by atoms with E-state index in [4.69, 9.17) is 0 Å². The molecule has 1 rings (SSSR count). The molecule has 0 saturated heterocycles. The molecule has 0 saturated carbocycles. The van der Waals surface area contributed by atoms with Crippen LogP contribution in [0.25, 0.3) is 0 Å². The summed E-state index contributed by atoms with van der Waals surface area (Å²) in [5.74, 6) is -0.309. The van der Waals surface area contributed by atoms with E-state index in [1.54, 1.807) is 19.2 Å². The summed E-state index contributed by atoms with van der Waals surface area (Å²) in [7, 11) is 1.78. The molecule has 0 unspecified atom stereocenters. The Balaban J connectivity index is 2.24. The van der Waals surface area contributed by atoms with Crippen molar-refractivity contribution in [2.45, 2.75) is 12.7 Å². The fraction of sp³-hybridized carbons (Fsp3) is 0.500. The zero-order valence-corrected chi connectivity index (χ0v) is 10.1. The number of rotatable bonds is 6. The van der Waals surface area contributed by atoms with E-state index < -0.39 is 12.7 Å². The van der Waals surface area contributed by atoms with Gasteiger partial charge in [0.05, 0.1) is 6.54 Å². The largest absolute Gasteiger partial charge is 0.401 e. The molecule has 2 nitrogen and oxygen atoms in total. The van der Waals surface area contributed by atoms with Crippen molar-refractivity contribution in [3.8, 4) is 0 Å². The lowest BCUT2D eigenvalue weighted by atomic mass is 10.2. The Labute approximate surface area is 104 Å². The van der Waals surface area contributed by atoms with E-state index in [-0.39, 0.29) is 12.4 Å². The molecule has 0 atom stereocenters. The zero-order chi connectivity index (χ0) is 13.6. The molecule has 102 valence electrons. The van der Waals surface area contributed by atoms with Gasteiger partial charge in [0.2, 0.25) is 0 Å². The van der Waals surface area contributed by atoms with Crippen LogP contribution in [0.3, 0.4) is 0 Å². The lowest BCUT2D eigenvalue weighted by Gasteiger charge is -2.17. The van der Waals surface area contributed by atoms with Crippen LogP contribution in [0.2, 0.25) is 0 Å². The Hall–Kier alpha value is -1.14. The van der Waals surface area contributed by atoms with Gasteiger partial charge in [-0.05, 0) is 24.7 Å². The van der Waals surface area contributed by atoms with Gasteiger partial charge in [0.25, 0.3) is 0 Å². The Morgan fingerprint density at radius 3 is 2.61 bits per heavy atom. The van der Waals surface area contributed by atoms with Crippen LogP contribution in [0.15, 0.2) is 24.3 Å². The Kier molecular flexibility index (Phi) is 5.55. The molecule has 0 heterocycles. The van der Waals surface area contributed by atoms with E-state index in [0.29, 0.717) is 13.1 Å². The maximum absolute atomic E-state index is 12.9. The highest BCUT2D eigenvalue weighted by atomic mass is 19.4. The average molecular weight is 264 g/mol. The van der Waals surface area contributed by atoms with Crippen molar-refractivity contribution in [2.75, 3.05) is 26.7 Å². The van der Waals surface area contributed by atoms with Gasteiger partial charge < -0.3 is 10.2 Å². The summed E-state index contributed by atoms with van der Waals surface area (Å²) in [6, 6.07) is 6.16. The van der Waals surface area contributed by atoms with Crippen molar-refractivity contribution in [3.63, 3.8) is 0 Å². The smallest absolute Gasteiger partial charge is 0.307 e. The highest BCUT2D eigenvalue weighted by Crippen LogP contribution is 2.12. The summed E-state index contributed by atoms with van der Waals surface area (Å²) in [5, 5.41) is 2.31. The Bertz CT molecular complexity index is 365. The molecule has 0 amide bonds. The van der Waals surface area contributed by atoms with Gasteiger partial charge in [-0.1, -0.05) is 12.1 Å². The molecule has 0 aromatic heterocycles. The quantitative estimate of drug-likeness (QED) is 0.627. The number of nitrogens with zero attached hydrogens (tertiary/aromatic N) is 1. The molecule has 0 spiro atoms. The summed E-state index contributed by atoms with van der Waals surface area (Å²) in [4.78, 5) is 1.83. The SMILES string of the molecule is CN(CCNCC(F)(F)F)Cc1cccc(F)c1. The number of nitrogens with one attached hydrogen (secondary N) is 1. The predicted molar refractivity (Wildman–Crippen MR) is 61.7 cm³/mol. The van der Waals surface area contributed by atoms with Crippen LogP contribution in [0.4, 0.5) is 17.6 Å². The van der Waals surface area contributed by atoms with Gasteiger partial charge in [0, 0.05) is 19.6 Å². The van der Waals surface area contributed by atoms with Crippen LogP contribution in [-0.2, 0) is 6.54 Å². The minimum atomic E-state index is -4.18. The van der Waals surface area contributed by atoms with Gasteiger partial charge in [-0.15, -0.1) is 0 Å². The van der Waals surface area contributed by atoms with Crippen LogP contribution < -0.4 is 5.32 Å². The van der Waals surface area contributed by atoms with Crippen molar-refractivity contribution in [3.05, 3.63) is 35.6 Å². The van der Waals surface area contributed by atoms with Gasteiger partial charge in [-0.3, -0.25) is 0 Å². The van der Waals surface area contributed by atoms with Gasteiger partial charge in [-0.25, -0.2) is 4.39 Å². The van der Waals surface area contributed by atoms with Gasteiger partial charge in [0.15, 0.2) is 0 Å². The second kappa shape index (κ2) is 6.70. The number of hydrogen-bond donors (Lipinski definition) is 1. The van der Waals surface area contributed by atoms with Gasteiger partial charge >= 0.3 is 6.18 Å². The molecular formula is C12H16F4N2. The minimum Gasteiger partial charge on any atom is -0.307 e. The van der Waals surface area contributed by atoms with E-state index in [9.17, 15) is 17.6 Å². The normalized spacial score (nSPS) is 12.1. The highest BCUT2D eigenvalue weighted by molar-refractivity contribution is 5.15. The molecule has 18 heavy (non-hydrogen) atoms. The third-order valence-corrected chi connectivity index (χ3v) is 2.34. The van der Waals surface area contributed by atoms with Gasteiger partial charge in [0.1, 0.15) is 5.82 Å². The molecule has 6 heteroatoms. The Morgan fingerprint density at radius 1 is 1.28 bits per heavy atom. The molecule has 0 aliphatic rings. The van der Waals surface area contributed by atoms with E-state index >= 15 is 0 Å². The van der Waals surface area contributed by atoms with Crippen LogP contribution >= 0.6 is 0 Å². The first kappa shape index (κ1) is 14.9. The third-order valence-electron chi connectivity index (χ3n) is 2.34. The fourth-order valence-corrected chi connectivity index (χ4v) is 1.53. The highest BCUT2D eigenvalue weighted by Gasteiger charge is 2.25. The summed E-state index contributed by atoms with van der Waals surface area (Å²) >= 11 is 0. The second-order valence-electron chi connectivity index (χ2n) is 4.16. The minimum absolute atomic E-state index is 0.241. The number of alkyl halides is 3. The standard InChI is InChI=1S/C12H16F4N2/c1-18(6-5-17-9-12(14,15)16)8-10-3-2-4-11(13)7-10/h2-4,7,17H,5-6,8-9H2,1H3. The van der Waals surface area contributed by atoms with E-state index in [0.717, 1.165) is 5.56 Å². The van der Waals surface area contributed by atoms with Crippen LogP contribution in [0.1, 0.15) is 5.56 Å². The predicted octanol–water partition coefficient (Wildman–Crippen LogP) is 2.41. The Morgan fingerprint density at radius 2 is 2.00 bits per heavy atom. The molecule has 1 aromatic carbocycles. The van der Waals surface area contributed by atoms with Crippen molar-refractivity contribution < 1.29 is 17.6 Å². The van der Waals surface area contributed by atoms with Crippen molar-refractivity contribution in [2.24, 2.45) is 0 Å². The van der Waals surface area contributed by atoms with E-state index in [2.05, 4.69) is 5.32 Å². The average Bonchev–Trinajstić information content (AvgIpc) is 2.23. The molecule has 0 bridgehead atoms. The molecule has 1 N–H and O–H groups in total. The zero-order valence-electron chi connectivity index (χ0n) is 10.1. The molecule has 0 fully saturated rings. The summed E-state index contributed by atoms with van der Waals surface area (Å²) < 4.78 is 48.5. The topological polar surface area (TPSA) is 15.3 Å². The number of likely N-dealkylation sites (N-methyl/N-ethyl adjacent to an activating group) is 1. The first-order chi connectivity index (χ1) is 8.37. The molecule has 1 aromatic rings. The van der Waals surface area contributed by atoms with Crippen LogP contribution in [0, 0.1) is 5.82 Å². The monoisotopic (exact) mass is 264 g/mol. The number of halogens is 4. The van der Waals surface area contributed by atoms with Crippen LogP contribution in [0.5, 0.6) is 0 Å². The second-order valence-corrected chi connectivity index (χ2v) is 4.16. The fourth-order valence-electron chi connectivity index (χ4n) is 1.53. The van der Waals surface area contributed by atoms with Crippen molar-refractivity contribution >= 4 is 0 Å². The molecule has 0 aliphatic heterocycles. The van der Waals surface area contributed by atoms with E-state index in [1.165, 1.54) is 12.1 Å². The number of benzene rings is 1. The lowest BCUT2D eigenvalue weighted by Crippen LogP contribution is -2.34. The third kappa shape index (κ3) is 6.56. The summed E-state index contributed by atoms with van der Waals surface area (Å²) in [6.07, 6.45) is -4.18. The maximum Gasteiger partial charge on any atom is 0.401 e. The summed E-state index contributed by atoms with van der Waals surface area (Å²) in [6.45, 7) is 0.226. The first-order valence-electron chi connectivity index (χ1n) is 5.57. The molecular weight excluding hydrogens is 248 g/mol. The van der Waals surface area contributed by atoms with Gasteiger partial charge in [-0.2, -0.15) is 13.2 Å².